The van der Waals surface area contributed by atoms with Crippen LogP contribution in [0.15, 0.2) is 42.6 Å². The second kappa shape index (κ2) is 6.73. The number of ether oxygens (including phenoxy) is 1. The lowest BCUT2D eigenvalue weighted by molar-refractivity contribution is -0.143. The third-order valence-electron chi connectivity index (χ3n) is 2.78. The molecule has 0 N–H and O–H groups in total. The van der Waals surface area contributed by atoms with Gasteiger partial charge in [0.1, 0.15) is 0 Å². The topological polar surface area (TPSA) is 44.1 Å². The summed E-state index contributed by atoms with van der Waals surface area (Å²) in [5.41, 5.74) is 2.06. The Kier molecular flexibility index (Phi) is 4.72. The zero-order chi connectivity index (χ0) is 13.5. The molecule has 0 saturated carbocycles. The van der Waals surface area contributed by atoms with Crippen molar-refractivity contribution in [1.82, 2.24) is 9.78 Å². The molecule has 2 rings (SSSR count). The minimum absolute atomic E-state index is 0.141. The van der Waals surface area contributed by atoms with Crippen LogP contribution in [-0.2, 0) is 16.1 Å². The van der Waals surface area contributed by atoms with Crippen LogP contribution in [0.3, 0.4) is 0 Å². The second-order valence-corrected chi connectivity index (χ2v) is 4.24. The van der Waals surface area contributed by atoms with Crippen molar-refractivity contribution in [3.63, 3.8) is 0 Å². The van der Waals surface area contributed by atoms with Crippen molar-refractivity contribution in [3.8, 4) is 11.3 Å². The maximum absolute atomic E-state index is 11.2. The largest absolute Gasteiger partial charge is 0.466 e. The number of carbonyl (C=O) groups is 1. The lowest BCUT2D eigenvalue weighted by atomic mass is 10.2. The second-order valence-electron chi connectivity index (χ2n) is 4.24. The van der Waals surface area contributed by atoms with E-state index in [0.717, 1.165) is 24.2 Å². The van der Waals surface area contributed by atoms with Gasteiger partial charge in [0.25, 0.3) is 0 Å². The molecule has 1 aromatic carbocycles. The number of esters is 1. The fraction of sp³-hybridized carbons (Fsp3) is 0.333. The van der Waals surface area contributed by atoms with Gasteiger partial charge in [0.15, 0.2) is 0 Å². The molecule has 100 valence electrons. The predicted molar refractivity (Wildman–Crippen MR) is 73.5 cm³/mol. The highest BCUT2D eigenvalue weighted by molar-refractivity contribution is 5.69. The van der Waals surface area contributed by atoms with Crippen molar-refractivity contribution in [1.29, 1.82) is 0 Å². The van der Waals surface area contributed by atoms with Crippen LogP contribution in [-0.4, -0.2) is 22.4 Å². The van der Waals surface area contributed by atoms with Crippen molar-refractivity contribution < 1.29 is 9.53 Å². The van der Waals surface area contributed by atoms with Crippen molar-refractivity contribution in [3.05, 3.63) is 42.6 Å². The fourth-order valence-corrected chi connectivity index (χ4v) is 1.87. The summed E-state index contributed by atoms with van der Waals surface area (Å²) in [5, 5.41) is 4.49. The Bertz CT molecular complexity index is 520. The third kappa shape index (κ3) is 3.95. The van der Waals surface area contributed by atoms with Gasteiger partial charge >= 0.3 is 5.97 Å². The Labute approximate surface area is 113 Å². The normalized spacial score (nSPS) is 10.4. The van der Waals surface area contributed by atoms with Gasteiger partial charge in [-0.25, -0.2) is 0 Å². The van der Waals surface area contributed by atoms with E-state index in [1.807, 2.05) is 54.2 Å². The van der Waals surface area contributed by atoms with E-state index in [-0.39, 0.29) is 5.97 Å². The van der Waals surface area contributed by atoms with Gasteiger partial charge in [-0.15, -0.1) is 0 Å². The first-order valence-corrected chi connectivity index (χ1v) is 6.54. The summed E-state index contributed by atoms with van der Waals surface area (Å²) in [6.45, 7) is 2.99. The summed E-state index contributed by atoms with van der Waals surface area (Å²) >= 11 is 0. The van der Waals surface area contributed by atoms with Crippen LogP contribution in [0.2, 0.25) is 0 Å². The van der Waals surface area contributed by atoms with Crippen molar-refractivity contribution in [2.24, 2.45) is 0 Å². The van der Waals surface area contributed by atoms with Crippen LogP contribution in [0, 0.1) is 0 Å². The minimum Gasteiger partial charge on any atom is -0.466 e. The van der Waals surface area contributed by atoms with E-state index in [1.165, 1.54) is 0 Å². The first-order chi connectivity index (χ1) is 9.29. The van der Waals surface area contributed by atoms with Crippen molar-refractivity contribution in [2.75, 3.05) is 6.61 Å². The highest BCUT2D eigenvalue weighted by Gasteiger charge is 2.04. The average molecular weight is 258 g/mol. The van der Waals surface area contributed by atoms with Gasteiger partial charge in [-0.1, -0.05) is 30.3 Å². The molecule has 0 amide bonds. The molecule has 0 spiro atoms. The van der Waals surface area contributed by atoms with Crippen LogP contribution in [0.5, 0.6) is 0 Å². The first-order valence-electron chi connectivity index (χ1n) is 6.54. The molecule has 1 heterocycles. The average Bonchev–Trinajstić information content (AvgIpc) is 2.89. The van der Waals surface area contributed by atoms with Gasteiger partial charge in [0, 0.05) is 24.7 Å². The molecule has 0 unspecified atom stereocenters. The third-order valence-corrected chi connectivity index (χ3v) is 2.78. The molecule has 4 nitrogen and oxygen atoms in total. The van der Waals surface area contributed by atoms with Gasteiger partial charge in [-0.3, -0.25) is 9.48 Å². The molecule has 0 atom stereocenters. The summed E-state index contributed by atoms with van der Waals surface area (Å²) in [4.78, 5) is 11.2. The highest BCUT2D eigenvalue weighted by Crippen LogP contribution is 2.15. The Hall–Kier alpha value is -2.10. The molecule has 0 aliphatic rings. The lowest BCUT2D eigenvalue weighted by Gasteiger charge is -2.02. The van der Waals surface area contributed by atoms with Gasteiger partial charge in [0.05, 0.1) is 12.3 Å². The van der Waals surface area contributed by atoms with E-state index in [0.29, 0.717) is 13.0 Å². The standard InChI is InChI=1S/C15H18N2O2/c1-2-19-15(18)9-6-11-17-12-10-14(16-17)13-7-4-3-5-8-13/h3-5,7-8,10,12H,2,6,9,11H2,1H3. The lowest BCUT2D eigenvalue weighted by Crippen LogP contribution is -2.06. The van der Waals surface area contributed by atoms with Crippen LogP contribution in [0.4, 0.5) is 0 Å². The molecule has 0 aliphatic heterocycles. The van der Waals surface area contributed by atoms with Crippen molar-refractivity contribution >= 4 is 5.97 Å². The molecular formula is C15H18N2O2. The minimum atomic E-state index is -0.141. The van der Waals surface area contributed by atoms with E-state index in [9.17, 15) is 4.79 Å². The Morgan fingerprint density at radius 1 is 1.26 bits per heavy atom. The van der Waals surface area contributed by atoms with Crippen LogP contribution in [0.1, 0.15) is 19.8 Å². The smallest absolute Gasteiger partial charge is 0.305 e. The summed E-state index contributed by atoms with van der Waals surface area (Å²) in [6.07, 6.45) is 3.12. The Morgan fingerprint density at radius 3 is 2.79 bits per heavy atom. The monoisotopic (exact) mass is 258 g/mol. The molecule has 0 radical (unpaired) electrons. The number of carbonyl (C=O) groups excluding carboxylic acids is 1. The molecule has 19 heavy (non-hydrogen) atoms. The fourth-order valence-electron chi connectivity index (χ4n) is 1.87. The quantitative estimate of drug-likeness (QED) is 0.748. The summed E-state index contributed by atoms with van der Waals surface area (Å²) in [6, 6.07) is 12.0. The van der Waals surface area contributed by atoms with E-state index in [4.69, 9.17) is 4.74 Å². The number of rotatable bonds is 6. The Balaban J connectivity index is 1.86. The number of hydrogen-bond acceptors (Lipinski definition) is 3. The zero-order valence-corrected chi connectivity index (χ0v) is 11.1. The molecular weight excluding hydrogens is 240 g/mol. The molecule has 4 heteroatoms. The predicted octanol–water partition coefficient (Wildman–Crippen LogP) is 2.89. The zero-order valence-electron chi connectivity index (χ0n) is 11.1. The molecule has 0 saturated heterocycles. The molecule has 0 bridgehead atoms. The Morgan fingerprint density at radius 2 is 2.05 bits per heavy atom. The van der Waals surface area contributed by atoms with Crippen LogP contribution in [0.25, 0.3) is 11.3 Å². The first kappa shape index (κ1) is 13.3. The molecule has 0 aliphatic carbocycles. The summed E-state index contributed by atoms with van der Waals surface area (Å²) < 4.78 is 6.75. The van der Waals surface area contributed by atoms with Crippen molar-refractivity contribution in [2.45, 2.75) is 26.3 Å². The number of aromatic nitrogens is 2. The van der Waals surface area contributed by atoms with Crippen LogP contribution >= 0.6 is 0 Å². The number of nitrogens with zero attached hydrogens (tertiary/aromatic N) is 2. The van der Waals surface area contributed by atoms with E-state index >= 15 is 0 Å². The summed E-state index contributed by atoms with van der Waals surface area (Å²) in [7, 11) is 0. The number of benzene rings is 1. The van der Waals surface area contributed by atoms with E-state index < -0.39 is 0 Å². The number of hydrogen-bond donors (Lipinski definition) is 0. The molecule has 1 aromatic heterocycles. The van der Waals surface area contributed by atoms with Gasteiger partial charge in [-0.05, 0) is 19.4 Å². The van der Waals surface area contributed by atoms with Gasteiger partial charge < -0.3 is 4.74 Å². The summed E-state index contributed by atoms with van der Waals surface area (Å²) in [5.74, 6) is -0.141. The maximum atomic E-state index is 11.2. The molecule has 2 aromatic rings. The van der Waals surface area contributed by atoms with Gasteiger partial charge in [-0.2, -0.15) is 5.10 Å². The van der Waals surface area contributed by atoms with Gasteiger partial charge in [0.2, 0.25) is 0 Å². The number of aryl methyl sites for hydroxylation is 1. The maximum Gasteiger partial charge on any atom is 0.305 e. The SMILES string of the molecule is CCOC(=O)CCCn1ccc(-c2ccccc2)n1. The van der Waals surface area contributed by atoms with E-state index in [1.54, 1.807) is 0 Å². The molecule has 0 fully saturated rings. The highest BCUT2D eigenvalue weighted by atomic mass is 16.5. The van der Waals surface area contributed by atoms with E-state index in [2.05, 4.69) is 5.10 Å². The van der Waals surface area contributed by atoms with Crippen LogP contribution < -0.4 is 0 Å².